The Morgan fingerprint density at radius 2 is 1.86 bits per heavy atom. The Kier molecular flexibility index (Phi) is 3.93. The van der Waals surface area contributed by atoms with E-state index in [1.165, 1.54) is 23.5 Å². The highest BCUT2D eigenvalue weighted by Gasteiger charge is 2.14. The molecule has 6 heteroatoms. The molecule has 0 bridgehead atoms. The lowest BCUT2D eigenvalue weighted by Gasteiger charge is -2.00. The van der Waals surface area contributed by atoms with Crippen LogP contribution in [0.1, 0.15) is 15.2 Å². The van der Waals surface area contributed by atoms with Crippen molar-refractivity contribution in [3.63, 3.8) is 0 Å². The molecule has 0 saturated heterocycles. The van der Waals surface area contributed by atoms with Crippen molar-refractivity contribution in [1.82, 2.24) is 9.97 Å². The molecule has 0 fully saturated rings. The van der Waals surface area contributed by atoms with Crippen LogP contribution in [0.2, 0.25) is 0 Å². The van der Waals surface area contributed by atoms with Crippen LogP contribution in [-0.4, -0.2) is 15.9 Å². The lowest BCUT2D eigenvalue weighted by atomic mass is 10.1. The first-order valence-corrected chi connectivity index (χ1v) is 7.40. The van der Waals surface area contributed by atoms with Crippen molar-refractivity contribution in [3.05, 3.63) is 65.0 Å². The van der Waals surface area contributed by atoms with Gasteiger partial charge in [0.25, 0.3) is 5.91 Å². The predicted molar refractivity (Wildman–Crippen MR) is 84.4 cm³/mol. The van der Waals surface area contributed by atoms with Gasteiger partial charge in [0.05, 0.1) is 4.88 Å². The Morgan fingerprint density at radius 1 is 1.18 bits per heavy atom. The molecule has 0 radical (unpaired) electrons. The van der Waals surface area contributed by atoms with Gasteiger partial charge in [0.2, 0.25) is 5.95 Å². The molecule has 3 rings (SSSR count). The van der Waals surface area contributed by atoms with E-state index in [1.807, 2.05) is 13.0 Å². The molecule has 0 unspecified atom stereocenters. The summed E-state index contributed by atoms with van der Waals surface area (Å²) in [6.07, 6.45) is 3.12. The maximum atomic E-state index is 13.0. The minimum atomic E-state index is -0.280. The molecule has 0 aliphatic carbocycles. The zero-order valence-corrected chi connectivity index (χ0v) is 12.5. The first-order chi connectivity index (χ1) is 10.6. The SMILES string of the molecule is Cc1cc(C(=O)Nc2ncccn2)sc1-c1ccc(F)cc1. The third-order valence-electron chi connectivity index (χ3n) is 3.04. The molecule has 110 valence electrons. The van der Waals surface area contributed by atoms with E-state index in [2.05, 4.69) is 15.3 Å². The molecular weight excluding hydrogens is 301 g/mol. The summed E-state index contributed by atoms with van der Waals surface area (Å²) in [4.78, 5) is 21.6. The Labute approximate surface area is 130 Å². The Hall–Kier alpha value is -2.60. The van der Waals surface area contributed by atoms with E-state index in [1.54, 1.807) is 30.6 Å². The van der Waals surface area contributed by atoms with E-state index in [4.69, 9.17) is 0 Å². The van der Waals surface area contributed by atoms with Crippen molar-refractivity contribution in [2.75, 3.05) is 5.32 Å². The van der Waals surface area contributed by atoms with Gasteiger partial charge in [0.15, 0.2) is 0 Å². The highest BCUT2D eigenvalue weighted by Crippen LogP contribution is 2.32. The van der Waals surface area contributed by atoms with Gasteiger partial charge >= 0.3 is 0 Å². The number of nitrogens with one attached hydrogen (secondary N) is 1. The van der Waals surface area contributed by atoms with E-state index in [0.29, 0.717) is 4.88 Å². The maximum Gasteiger partial charge on any atom is 0.268 e. The van der Waals surface area contributed by atoms with Crippen molar-refractivity contribution in [2.45, 2.75) is 6.92 Å². The van der Waals surface area contributed by atoms with Gasteiger partial charge in [0.1, 0.15) is 5.82 Å². The molecule has 0 aliphatic heterocycles. The van der Waals surface area contributed by atoms with Gasteiger partial charge in [-0.25, -0.2) is 14.4 Å². The van der Waals surface area contributed by atoms with Crippen molar-refractivity contribution >= 4 is 23.2 Å². The van der Waals surface area contributed by atoms with Gasteiger partial charge in [-0.1, -0.05) is 12.1 Å². The van der Waals surface area contributed by atoms with Crippen molar-refractivity contribution in [2.24, 2.45) is 0 Å². The standard InChI is InChI=1S/C16H12FN3OS/c1-10-9-13(15(21)20-16-18-7-2-8-19-16)22-14(10)11-3-5-12(17)6-4-11/h2-9H,1H3,(H,18,19,20,21). The van der Waals surface area contributed by atoms with Crippen LogP contribution in [0.4, 0.5) is 10.3 Å². The smallest absolute Gasteiger partial charge is 0.268 e. The zero-order valence-electron chi connectivity index (χ0n) is 11.7. The van der Waals surface area contributed by atoms with Gasteiger partial charge in [-0.05, 0) is 42.3 Å². The number of hydrogen-bond acceptors (Lipinski definition) is 4. The predicted octanol–water partition coefficient (Wildman–Crippen LogP) is 3.90. The Balaban J connectivity index is 1.85. The zero-order chi connectivity index (χ0) is 15.5. The number of halogens is 1. The molecule has 2 aromatic heterocycles. The number of anilines is 1. The number of nitrogens with zero attached hydrogens (tertiary/aromatic N) is 2. The molecule has 1 amide bonds. The highest BCUT2D eigenvalue weighted by molar-refractivity contribution is 7.17. The highest BCUT2D eigenvalue weighted by atomic mass is 32.1. The lowest BCUT2D eigenvalue weighted by molar-refractivity contribution is 0.102. The number of aromatic nitrogens is 2. The van der Waals surface area contributed by atoms with E-state index >= 15 is 0 Å². The summed E-state index contributed by atoms with van der Waals surface area (Å²) in [5, 5.41) is 2.65. The molecule has 4 nitrogen and oxygen atoms in total. The monoisotopic (exact) mass is 313 g/mol. The fourth-order valence-electron chi connectivity index (χ4n) is 2.01. The third kappa shape index (κ3) is 3.01. The fourth-order valence-corrected chi connectivity index (χ4v) is 3.08. The molecule has 22 heavy (non-hydrogen) atoms. The van der Waals surface area contributed by atoms with Crippen molar-refractivity contribution in [3.8, 4) is 10.4 Å². The number of carbonyl (C=O) groups excluding carboxylic acids is 1. The lowest BCUT2D eigenvalue weighted by Crippen LogP contribution is -2.12. The van der Waals surface area contributed by atoms with E-state index in [-0.39, 0.29) is 17.7 Å². The normalized spacial score (nSPS) is 10.5. The second-order valence-electron chi connectivity index (χ2n) is 4.66. The quantitative estimate of drug-likeness (QED) is 0.797. The number of amides is 1. The van der Waals surface area contributed by atoms with Crippen LogP contribution in [0, 0.1) is 12.7 Å². The molecule has 0 saturated carbocycles. The molecule has 3 aromatic rings. The van der Waals surface area contributed by atoms with Crippen LogP contribution in [-0.2, 0) is 0 Å². The Bertz CT molecular complexity index is 800. The molecule has 2 heterocycles. The molecule has 1 aromatic carbocycles. The summed E-state index contributed by atoms with van der Waals surface area (Å²) in [5.74, 6) is -0.272. The fraction of sp³-hybridized carbons (Fsp3) is 0.0625. The molecule has 1 N–H and O–H groups in total. The molecule has 0 spiro atoms. The minimum Gasteiger partial charge on any atom is -0.290 e. The van der Waals surface area contributed by atoms with Crippen molar-refractivity contribution < 1.29 is 9.18 Å². The number of thiophene rings is 1. The van der Waals surface area contributed by atoms with Crippen LogP contribution in [0.5, 0.6) is 0 Å². The van der Waals surface area contributed by atoms with E-state index < -0.39 is 0 Å². The number of hydrogen-bond donors (Lipinski definition) is 1. The van der Waals surface area contributed by atoms with Crippen molar-refractivity contribution in [1.29, 1.82) is 0 Å². The maximum absolute atomic E-state index is 13.0. The van der Waals surface area contributed by atoms with Crippen LogP contribution in [0.25, 0.3) is 10.4 Å². The summed E-state index contributed by atoms with van der Waals surface area (Å²) in [6.45, 7) is 1.92. The number of benzene rings is 1. The minimum absolute atomic E-state index is 0.257. The summed E-state index contributed by atoms with van der Waals surface area (Å²) >= 11 is 1.36. The average Bonchev–Trinajstić information content (AvgIpc) is 2.91. The van der Waals surface area contributed by atoms with E-state index in [0.717, 1.165) is 16.0 Å². The Morgan fingerprint density at radius 3 is 2.55 bits per heavy atom. The molecule has 0 atom stereocenters. The summed E-state index contributed by atoms with van der Waals surface area (Å²) in [6, 6.07) is 9.71. The topological polar surface area (TPSA) is 54.9 Å². The van der Waals surface area contributed by atoms with Crippen LogP contribution >= 0.6 is 11.3 Å². The largest absolute Gasteiger partial charge is 0.290 e. The number of rotatable bonds is 3. The second-order valence-corrected chi connectivity index (χ2v) is 5.71. The molecular formula is C16H12FN3OS. The van der Waals surface area contributed by atoms with Crippen LogP contribution < -0.4 is 5.32 Å². The van der Waals surface area contributed by atoms with Crippen LogP contribution in [0.15, 0.2) is 48.8 Å². The first-order valence-electron chi connectivity index (χ1n) is 6.58. The van der Waals surface area contributed by atoms with Gasteiger partial charge < -0.3 is 0 Å². The first kappa shape index (κ1) is 14.3. The third-order valence-corrected chi connectivity index (χ3v) is 4.32. The summed E-state index contributed by atoms with van der Waals surface area (Å²) in [5.41, 5.74) is 1.86. The number of carbonyl (C=O) groups is 1. The summed E-state index contributed by atoms with van der Waals surface area (Å²) < 4.78 is 13.0. The number of aryl methyl sites for hydroxylation is 1. The van der Waals surface area contributed by atoms with Gasteiger partial charge in [0, 0.05) is 17.3 Å². The van der Waals surface area contributed by atoms with Gasteiger partial charge in [-0.15, -0.1) is 11.3 Å². The molecule has 0 aliphatic rings. The summed E-state index contributed by atoms with van der Waals surface area (Å²) in [7, 11) is 0. The average molecular weight is 313 g/mol. The van der Waals surface area contributed by atoms with E-state index in [9.17, 15) is 9.18 Å². The van der Waals surface area contributed by atoms with Gasteiger partial charge in [-0.3, -0.25) is 10.1 Å². The van der Waals surface area contributed by atoms with Gasteiger partial charge in [-0.2, -0.15) is 0 Å². The second kappa shape index (κ2) is 6.03. The van der Waals surface area contributed by atoms with Crippen LogP contribution in [0.3, 0.4) is 0 Å².